The largest absolute Gasteiger partial charge is 0.356 e. The summed E-state index contributed by atoms with van der Waals surface area (Å²) in [5, 5.41) is 8.86. The van der Waals surface area contributed by atoms with Crippen molar-refractivity contribution in [2.24, 2.45) is 5.92 Å². The Morgan fingerprint density at radius 2 is 2.10 bits per heavy atom. The molecule has 1 amide bonds. The second-order valence-corrected chi connectivity index (χ2v) is 8.77. The SMILES string of the molecule is Cc1nc2c3ccccc3nn2c(C)c1CCC(=O)NCCCN1CCCC(C)C1. The average molecular weight is 408 g/mol. The molecule has 1 fully saturated rings. The Balaban J connectivity index is 1.32. The lowest BCUT2D eigenvalue weighted by atomic mass is 10.0. The number of piperidine rings is 1. The van der Waals surface area contributed by atoms with Crippen molar-refractivity contribution < 1.29 is 4.79 Å². The Morgan fingerprint density at radius 1 is 1.27 bits per heavy atom. The zero-order valence-electron chi connectivity index (χ0n) is 18.4. The number of likely N-dealkylation sites (tertiary alicyclic amines) is 1. The third kappa shape index (κ3) is 4.48. The van der Waals surface area contributed by atoms with E-state index in [0.29, 0.717) is 12.8 Å². The molecule has 0 bridgehead atoms. The van der Waals surface area contributed by atoms with Crippen LogP contribution in [-0.2, 0) is 11.2 Å². The molecule has 6 heteroatoms. The molecule has 3 heterocycles. The van der Waals surface area contributed by atoms with Crippen LogP contribution in [0.3, 0.4) is 0 Å². The Bertz CT molecular complexity index is 1040. The highest BCUT2D eigenvalue weighted by molar-refractivity contribution is 5.92. The monoisotopic (exact) mass is 407 g/mol. The van der Waals surface area contributed by atoms with Gasteiger partial charge in [-0.15, -0.1) is 0 Å². The van der Waals surface area contributed by atoms with Gasteiger partial charge in [0, 0.05) is 36.3 Å². The summed E-state index contributed by atoms with van der Waals surface area (Å²) >= 11 is 0. The maximum Gasteiger partial charge on any atom is 0.220 e. The number of aromatic nitrogens is 3. The third-order valence-electron chi connectivity index (χ3n) is 6.33. The van der Waals surface area contributed by atoms with Crippen molar-refractivity contribution in [2.45, 2.75) is 52.9 Å². The molecule has 0 spiro atoms. The number of nitrogens with one attached hydrogen (secondary N) is 1. The van der Waals surface area contributed by atoms with E-state index in [-0.39, 0.29) is 5.91 Å². The maximum atomic E-state index is 12.4. The number of aryl methyl sites for hydroxylation is 2. The first kappa shape index (κ1) is 20.8. The van der Waals surface area contributed by atoms with Gasteiger partial charge in [-0.05, 0) is 76.2 Å². The van der Waals surface area contributed by atoms with E-state index in [1.54, 1.807) is 0 Å². The number of benzene rings is 1. The molecular formula is C24H33N5O. The van der Waals surface area contributed by atoms with Crippen LogP contribution in [-0.4, -0.2) is 51.6 Å². The lowest BCUT2D eigenvalue weighted by Crippen LogP contribution is -2.36. The second kappa shape index (κ2) is 9.13. The Kier molecular flexibility index (Phi) is 6.32. The lowest BCUT2D eigenvalue weighted by molar-refractivity contribution is -0.121. The van der Waals surface area contributed by atoms with Crippen LogP contribution in [0.25, 0.3) is 16.6 Å². The minimum Gasteiger partial charge on any atom is -0.356 e. The predicted octanol–water partition coefficient (Wildman–Crippen LogP) is 3.67. The van der Waals surface area contributed by atoms with Crippen LogP contribution < -0.4 is 5.32 Å². The van der Waals surface area contributed by atoms with Crippen molar-refractivity contribution in [3.63, 3.8) is 0 Å². The van der Waals surface area contributed by atoms with Crippen LogP contribution >= 0.6 is 0 Å². The minimum absolute atomic E-state index is 0.117. The van der Waals surface area contributed by atoms with Crippen molar-refractivity contribution >= 4 is 22.5 Å². The van der Waals surface area contributed by atoms with E-state index in [1.807, 2.05) is 29.6 Å². The van der Waals surface area contributed by atoms with Crippen molar-refractivity contribution in [1.29, 1.82) is 0 Å². The summed E-state index contributed by atoms with van der Waals surface area (Å²) in [4.78, 5) is 19.7. The summed E-state index contributed by atoms with van der Waals surface area (Å²) in [6.45, 7) is 10.7. The smallest absolute Gasteiger partial charge is 0.220 e. The fourth-order valence-electron chi connectivity index (χ4n) is 4.69. The molecule has 1 N–H and O–H groups in total. The molecule has 1 aliphatic rings. The molecule has 6 nitrogen and oxygen atoms in total. The summed E-state index contributed by atoms with van der Waals surface area (Å²) in [6, 6.07) is 8.08. The van der Waals surface area contributed by atoms with Gasteiger partial charge in [-0.3, -0.25) is 4.79 Å². The van der Waals surface area contributed by atoms with E-state index in [2.05, 4.69) is 30.1 Å². The van der Waals surface area contributed by atoms with Crippen LogP contribution in [0.5, 0.6) is 0 Å². The molecule has 1 aliphatic heterocycles. The van der Waals surface area contributed by atoms with Crippen LogP contribution in [0.2, 0.25) is 0 Å². The van der Waals surface area contributed by atoms with Crippen LogP contribution in [0.15, 0.2) is 24.3 Å². The molecule has 0 radical (unpaired) electrons. The van der Waals surface area contributed by atoms with Gasteiger partial charge in [0.05, 0.1) is 5.52 Å². The zero-order chi connectivity index (χ0) is 21.1. The highest BCUT2D eigenvalue weighted by Crippen LogP contribution is 2.23. The fourth-order valence-corrected chi connectivity index (χ4v) is 4.69. The second-order valence-electron chi connectivity index (χ2n) is 8.77. The number of carbonyl (C=O) groups excluding carboxylic acids is 1. The van der Waals surface area contributed by atoms with Gasteiger partial charge in [0.1, 0.15) is 0 Å². The first-order chi connectivity index (χ1) is 14.5. The van der Waals surface area contributed by atoms with Crippen molar-refractivity contribution in [2.75, 3.05) is 26.2 Å². The molecule has 4 rings (SSSR count). The van der Waals surface area contributed by atoms with E-state index >= 15 is 0 Å². The average Bonchev–Trinajstić information content (AvgIpc) is 3.10. The van der Waals surface area contributed by atoms with Crippen molar-refractivity contribution in [3.05, 3.63) is 41.2 Å². The molecule has 0 aliphatic carbocycles. The molecular weight excluding hydrogens is 374 g/mol. The molecule has 1 atom stereocenters. The number of carbonyl (C=O) groups is 1. The van der Waals surface area contributed by atoms with Gasteiger partial charge < -0.3 is 10.2 Å². The predicted molar refractivity (Wildman–Crippen MR) is 121 cm³/mol. The lowest BCUT2D eigenvalue weighted by Gasteiger charge is -2.30. The van der Waals surface area contributed by atoms with E-state index in [1.165, 1.54) is 25.9 Å². The quantitative estimate of drug-likeness (QED) is 0.607. The fraction of sp³-hybridized carbons (Fsp3) is 0.542. The standard InChI is InChI=1S/C24H33N5O/c1-17-8-6-14-28(16-17)15-7-13-25-23(30)12-11-20-18(2)26-24-21-9-4-5-10-22(21)27-29(24)19(20)3/h4-5,9-10,17H,6-8,11-16H2,1-3H3,(H,25,30). The Morgan fingerprint density at radius 3 is 2.93 bits per heavy atom. The van der Waals surface area contributed by atoms with Gasteiger partial charge in [-0.1, -0.05) is 19.1 Å². The van der Waals surface area contributed by atoms with Crippen LogP contribution in [0, 0.1) is 19.8 Å². The normalized spacial score (nSPS) is 17.6. The van der Waals surface area contributed by atoms with Crippen molar-refractivity contribution in [3.8, 4) is 0 Å². The first-order valence-electron chi connectivity index (χ1n) is 11.3. The van der Waals surface area contributed by atoms with Gasteiger partial charge in [0.15, 0.2) is 5.65 Å². The number of rotatable bonds is 7. The number of hydrogen-bond acceptors (Lipinski definition) is 4. The summed E-state index contributed by atoms with van der Waals surface area (Å²) in [6.07, 6.45) is 4.84. The topological polar surface area (TPSA) is 62.5 Å². The third-order valence-corrected chi connectivity index (χ3v) is 6.33. The van der Waals surface area contributed by atoms with Crippen LogP contribution in [0.1, 0.15) is 49.6 Å². The summed E-state index contributed by atoms with van der Waals surface area (Å²) in [5.74, 6) is 0.921. The van der Waals surface area contributed by atoms with E-state index in [4.69, 9.17) is 10.1 Å². The van der Waals surface area contributed by atoms with E-state index < -0.39 is 0 Å². The Hall–Kier alpha value is -2.47. The summed E-state index contributed by atoms with van der Waals surface area (Å²) in [5.41, 5.74) is 5.01. The Labute approximate surface area is 178 Å². The van der Waals surface area contributed by atoms with E-state index in [9.17, 15) is 4.79 Å². The molecule has 160 valence electrons. The van der Waals surface area contributed by atoms with E-state index in [0.717, 1.165) is 58.9 Å². The molecule has 30 heavy (non-hydrogen) atoms. The number of hydrogen-bond donors (Lipinski definition) is 1. The van der Waals surface area contributed by atoms with Crippen molar-refractivity contribution in [1.82, 2.24) is 24.8 Å². The number of nitrogens with zero attached hydrogens (tertiary/aromatic N) is 4. The molecule has 1 aromatic carbocycles. The van der Waals surface area contributed by atoms with Gasteiger partial charge >= 0.3 is 0 Å². The van der Waals surface area contributed by atoms with Gasteiger partial charge in [0.25, 0.3) is 0 Å². The van der Waals surface area contributed by atoms with Gasteiger partial charge in [-0.25, -0.2) is 9.50 Å². The molecule has 2 aromatic heterocycles. The molecule has 3 aromatic rings. The summed E-state index contributed by atoms with van der Waals surface area (Å²) in [7, 11) is 0. The highest BCUT2D eigenvalue weighted by atomic mass is 16.1. The van der Waals surface area contributed by atoms with Crippen LogP contribution in [0.4, 0.5) is 0 Å². The highest BCUT2D eigenvalue weighted by Gasteiger charge is 2.16. The number of amides is 1. The van der Waals surface area contributed by atoms with Gasteiger partial charge in [-0.2, -0.15) is 5.10 Å². The summed E-state index contributed by atoms with van der Waals surface area (Å²) < 4.78 is 1.92. The number of fused-ring (bicyclic) bond motifs is 3. The first-order valence-corrected chi connectivity index (χ1v) is 11.3. The maximum absolute atomic E-state index is 12.4. The molecule has 0 saturated carbocycles. The van der Waals surface area contributed by atoms with Gasteiger partial charge in [0.2, 0.25) is 5.91 Å². The molecule has 1 saturated heterocycles. The minimum atomic E-state index is 0.117. The molecule has 1 unspecified atom stereocenters. The zero-order valence-corrected chi connectivity index (χ0v) is 18.4.